The molecule has 1 saturated heterocycles. The monoisotopic (exact) mass is 328 g/mol. The number of nitrogens with zero attached hydrogens (tertiary/aromatic N) is 3. The summed E-state index contributed by atoms with van der Waals surface area (Å²) in [4.78, 5) is 2.54. The van der Waals surface area contributed by atoms with Gasteiger partial charge in [-0.3, -0.25) is 9.58 Å². The fourth-order valence-corrected chi connectivity index (χ4v) is 3.43. The lowest BCUT2D eigenvalue weighted by atomic mass is 9.98. The molecule has 1 aromatic heterocycles. The maximum absolute atomic E-state index is 5.53. The molecule has 3 rings (SSSR count). The summed E-state index contributed by atoms with van der Waals surface area (Å²) in [7, 11) is 0. The molecule has 1 aliphatic heterocycles. The van der Waals surface area contributed by atoms with Crippen LogP contribution in [0.15, 0.2) is 42.7 Å². The average molecular weight is 328 g/mol. The fourth-order valence-electron chi connectivity index (χ4n) is 3.43. The molecule has 1 aromatic carbocycles. The molecule has 5 heteroatoms. The first-order valence-corrected chi connectivity index (χ1v) is 8.83. The molecule has 2 heterocycles. The van der Waals surface area contributed by atoms with Gasteiger partial charge in [0, 0.05) is 31.9 Å². The van der Waals surface area contributed by atoms with E-state index in [2.05, 4.69) is 65.7 Å². The minimum atomic E-state index is 0.363. The number of benzene rings is 1. The second-order valence-corrected chi connectivity index (χ2v) is 6.53. The molecule has 0 bridgehead atoms. The van der Waals surface area contributed by atoms with E-state index in [0.29, 0.717) is 12.1 Å². The third-order valence-corrected chi connectivity index (χ3v) is 4.62. The largest absolute Gasteiger partial charge is 0.379 e. The second kappa shape index (κ2) is 8.42. The van der Waals surface area contributed by atoms with Crippen molar-refractivity contribution in [2.75, 3.05) is 32.8 Å². The minimum Gasteiger partial charge on any atom is -0.379 e. The van der Waals surface area contributed by atoms with Crippen molar-refractivity contribution in [3.8, 4) is 0 Å². The number of rotatable bonds is 7. The van der Waals surface area contributed by atoms with Crippen molar-refractivity contribution < 1.29 is 4.74 Å². The zero-order valence-electron chi connectivity index (χ0n) is 14.7. The molecule has 0 unspecified atom stereocenters. The molecule has 1 fully saturated rings. The van der Waals surface area contributed by atoms with Gasteiger partial charge in [-0.15, -0.1) is 0 Å². The molecular weight excluding hydrogens is 300 g/mol. The lowest BCUT2D eigenvalue weighted by molar-refractivity contribution is 0.00865. The number of aromatic nitrogens is 2. The quantitative estimate of drug-likeness (QED) is 0.846. The topological polar surface area (TPSA) is 42.3 Å². The van der Waals surface area contributed by atoms with E-state index in [-0.39, 0.29) is 0 Å². The Balaban J connectivity index is 1.63. The molecule has 0 radical (unpaired) electrons. The van der Waals surface area contributed by atoms with E-state index in [9.17, 15) is 0 Å². The van der Waals surface area contributed by atoms with Gasteiger partial charge >= 0.3 is 0 Å². The van der Waals surface area contributed by atoms with Crippen LogP contribution in [0.2, 0.25) is 0 Å². The molecule has 1 aliphatic rings. The van der Waals surface area contributed by atoms with E-state index < -0.39 is 0 Å². The van der Waals surface area contributed by atoms with Gasteiger partial charge < -0.3 is 10.1 Å². The summed E-state index contributed by atoms with van der Waals surface area (Å²) >= 11 is 0. The first-order chi connectivity index (χ1) is 11.7. The van der Waals surface area contributed by atoms with E-state index >= 15 is 0 Å². The van der Waals surface area contributed by atoms with Crippen LogP contribution in [0.1, 0.15) is 24.1 Å². The van der Waals surface area contributed by atoms with Crippen molar-refractivity contribution in [1.82, 2.24) is 20.0 Å². The van der Waals surface area contributed by atoms with Crippen molar-refractivity contribution in [1.29, 1.82) is 0 Å². The summed E-state index contributed by atoms with van der Waals surface area (Å²) in [5, 5.41) is 8.05. The molecular formula is C19H28N4O. The first kappa shape index (κ1) is 17.1. The SMILES string of the molecule is Cc1cnn(CCN[C@H](C)[C@@H](c2ccccc2)N2CCOCC2)c1. The zero-order chi connectivity index (χ0) is 16.8. The molecule has 2 aromatic rings. The Morgan fingerprint density at radius 2 is 1.96 bits per heavy atom. The lowest BCUT2D eigenvalue weighted by Gasteiger charge is -2.38. The summed E-state index contributed by atoms with van der Waals surface area (Å²) < 4.78 is 7.53. The van der Waals surface area contributed by atoms with E-state index in [0.717, 1.165) is 39.4 Å². The van der Waals surface area contributed by atoms with Gasteiger partial charge in [0.2, 0.25) is 0 Å². The molecule has 5 nitrogen and oxygen atoms in total. The lowest BCUT2D eigenvalue weighted by Crippen LogP contribution is -2.47. The highest BCUT2D eigenvalue weighted by molar-refractivity contribution is 5.21. The molecule has 24 heavy (non-hydrogen) atoms. The van der Waals surface area contributed by atoms with Crippen molar-refractivity contribution >= 4 is 0 Å². The third-order valence-electron chi connectivity index (χ3n) is 4.62. The van der Waals surface area contributed by atoms with E-state index in [1.165, 1.54) is 11.1 Å². The highest BCUT2D eigenvalue weighted by Crippen LogP contribution is 2.25. The minimum absolute atomic E-state index is 0.363. The van der Waals surface area contributed by atoms with Crippen molar-refractivity contribution in [3.05, 3.63) is 53.9 Å². The molecule has 2 atom stereocenters. The van der Waals surface area contributed by atoms with Gasteiger partial charge in [0.25, 0.3) is 0 Å². The number of hydrogen-bond acceptors (Lipinski definition) is 4. The van der Waals surface area contributed by atoms with Crippen LogP contribution in [0.25, 0.3) is 0 Å². The van der Waals surface area contributed by atoms with E-state index in [1.54, 1.807) is 0 Å². The van der Waals surface area contributed by atoms with Gasteiger partial charge in [-0.05, 0) is 25.0 Å². The van der Waals surface area contributed by atoms with Crippen LogP contribution in [0.4, 0.5) is 0 Å². The van der Waals surface area contributed by atoms with Crippen LogP contribution < -0.4 is 5.32 Å². The Labute approximate surface area is 144 Å². The summed E-state index contributed by atoms with van der Waals surface area (Å²) in [6.45, 7) is 9.78. The van der Waals surface area contributed by atoms with Crippen molar-refractivity contribution in [2.45, 2.75) is 32.5 Å². The number of ether oxygens (including phenoxy) is 1. The van der Waals surface area contributed by atoms with Crippen LogP contribution >= 0.6 is 0 Å². The second-order valence-electron chi connectivity index (χ2n) is 6.53. The van der Waals surface area contributed by atoms with Gasteiger partial charge in [-0.1, -0.05) is 30.3 Å². The Morgan fingerprint density at radius 1 is 1.21 bits per heavy atom. The Morgan fingerprint density at radius 3 is 2.62 bits per heavy atom. The Bertz CT molecular complexity index is 607. The van der Waals surface area contributed by atoms with Gasteiger partial charge in [0.05, 0.1) is 32.0 Å². The van der Waals surface area contributed by atoms with Gasteiger partial charge in [0.1, 0.15) is 0 Å². The predicted molar refractivity (Wildman–Crippen MR) is 96.0 cm³/mol. The molecule has 0 saturated carbocycles. The summed E-state index contributed by atoms with van der Waals surface area (Å²) in [5.41, 5.74) is 2.58. The smallest absolute Gasteiger partial charge is 0.0594 e. The molecule has 130 valence electrons. The third kappa shape index (κ3) is 4.44. The number of nitrogens with one attached hydrogen (secondary N) is 1. The molecule has 0 spiro atoms. The summed E-state index contributed by atoms with van der Waals surface area (Å²) in [6.07, 6.45) is 3.99. The number of hydrogen-bond donors (Lipinski definition) is 1. The highest BCUT2D eigenvalue weighted by Gasteiger charge is 2.27. The Kier molecular flexibility index (Phi) is 6.01. The van der Waals surface area contributed by atoms with E-state index in [4.69, 9.17) is 4.74 Å². The Hall–Kier alpha value is -1.69. The van der Waals surface area contributed by atoms with Crippen molar-refractivity contribution in [2.24, 2.45) is 0 Å². The molecule has 0 amide bonds. The maximum Gasteiger partial charge on any atom is 0.0594 e. The predicted octanol–water partition coefficient (Wildman–Crippen LogP) is 2.24. The normalized spacial score (nSPS) is 18.4. The van der Waals surface area contributed by atoms with Gasteiger partial charge in [-0.2, -0.15) is 5.10 Å². The maximum atomic E-state index is 5.53. The number of morpholine rings is 1. The van der Waals surface area contributed by atoms with Crippen LogP contribution in [-0.4, -0.2) is 53.6 Å². The molecule has 1 N–H and O–H groups in total. The van der Waals surface area contributed by atoms with Gasteiger partial charge in [-0.25, -0.2) is 0 Å². The average Bonchev–Trinajstić information content (AvgIpc) is 3.02. The van der Waals surface area contributed by atoms with Gasteiger partial charge in [0.15, 0.2) is 0 Å². The highest BCUT2D eigenvalue weighted by atomic mass is 16.5. The zero-order valence-corrected chi connectivity index (χ0v) is 14.7. The standard InChI is InChI=1S/C19H28N4O/c1-16-14-21-23(15-16)9-8-20-17(2)19(18-6-4-3-5-7-18)22-10-12-24-13-11-22/h3-7,14-15,17,19-20H,8-13H2,1-2H3/t17-,19+/m1/s1. The van der Waals surface area contributed by atoms with Crippen LogP contribution in [-0.2, 0) is 11.3 Å². The first-order valence-electron chi connectivity index (χ1n) is 8.83. The number of aryl methyl sites for hydroxylation is 1. The summed E-state index contributed by atoms with van der Waals surface area (Å²) in [5.74, 6) is 0. The van der Waals surface area contributed by atoms with E-state index in [1.807, 2.05) is 10.9 Å². The van der Waals surface area contributed by atoms with Crippen LogP contribution in [0.5, 0.6) is 0 Å². The van der Waals surface area contributed by atoms with Crippen LogP contribution in [0.3, 0.4) is 0 Å². The van der Waals surface area contributed by atoms with Crippen LogP contribution in [0, 0.1) is 6.92 Å². The summed E-state index contributed by atoms with van der Waals surface area (Å²) in [6, 6.07) is 11.5. The van der Waals surface area contributed by atoms with Crippen molar-refractivity contribution in [3.63, 3.8) is 0 Å². The fraction of sp³-hybridized carbons (Fsp3) is 0.526. The molecule has 0 aliphatic carbocycles.